The van der Waals surface area contributed by atoms with Crippen LogP contribution in [0.25, 0.3) is 0 Å². The molecule has 16 heavy (non-hydrogen) atoms. The van der Waals surface area contributed by atoms with Crippen LogP contribution in [0.15, 0.2) is 12.7 Å². The minimum atomic E-state index is -0.527. The number of rotatable bonds is 3. The standard InChI is InChI=1S/C12H19NO3/c1-4-7-12(2,3)16-11(15)13-8-5-10(14)6-9-13/h4H,1,5-9H2,2-3H3. The maximum Gasteiger partial charge on any atom is 0.410 e. The van der Waals surface area contributed by atoms with Gasteiger partial charge in [-0.1, -0.05) is 6.08 Å². The summed E-state index contributed by atoms with van der Waals surface area (Å²) in [5, 5.41) is 0. The number of ketones is 1. The highest BCUT2D eigenvalue weighted by Crippen LogP contribution is 2.17. The summed E-state index contributed by atoms with van der Waals surface area (Å²) in [7, 11) is 0. The Morgan fingerprint density at radius 3 is 2.56 bits per heavy atom. The lowest BCUT2D eigenvalue weighted by Gasteiger charge is -2.30. The molecular formula is C12H19NO3. The fourth-order valence-corrected chi connectivity index (χ4v) is 1.63. The molecule has 0 aromatic rings. The third kappa shape index (κ3) is 3.68. The van der Waals surface area contributed by atoms with Gasteiger partial charge in [-0.15, -0.1) is 6.58 Å². The Bertz CT molecular complexity index is 287. The first-order valence-corrected chi connectivity index (χ1v) is 5.55. The molecule has 0 bridgehead atoms. The van der Waals surface area contributed by atoms with E-state index in [0.717, 1.165) is 0 Å². The SMILES string of the molecule is C=CCC(C)(C)OC(=O)N1CCC(=O)CC1. The zero-order valence-corrected chi connectivity index (χ0v) is 9.99. The first-order chi connectivity index (χ1) is 7.44. The molecule has 1 saturated heterocycles. The number of nitrogens with zero attached hydrogens (tertiary/aromatic N) is 1. The van der Waals surface area contributed by atoms with Crippen molar-refractivity contribution < 1.29 is 14.3 Å². The van der Waals surface area contributed by atoms with Crippen molar-refractivity contribution in [2.24, 2.45) is 0 Å². The van der Waals surface area contributed by atoms with Crippen molar-refractivity contribution in [2.45, 2.75) is 38.7 Å². The van der Waals surface area contributed by atoms with Gasteiger partial charge in [0.15, 0.2) is 0 Å². The molecule has 1 heterocycles. The molecule has 0 spiro atoms. The van der Waals surface area contributed by atoms with Crippen molar-refractivity contribution in [2.75, 3.05) is 13.1 Å². The zero-order chi connectivity index (χ0) is 12.2. The van der Waals surface area contributed by atoms with Crippen LogP contribution in [0.5, 0.6) is 0 Å². The zero-order valence-electron chi connectivity index (χ0n) is 9.99. The molecule has 1 amide bonds. The van der Waals surface area contributed by atoms with E-state index in [1.54, 1.807) is 11.0 Å². The fourth-order valence-electron chi connectivity index (χ4n) is 1.63. The summed E-state index contributed by atoms with van der Waals surface area (Å²) >= 11 is 0. The second-order valence-corrected chi connectivity index (χ2v) is 4.65. The van der Waals surface area contributed by atoms with Gasteiger partial charge in [-0.05, 0) is 13.8 Å². The fraction of sp³-hybridized carbons (Fsp3) is 0.667. The van der Waals surface area contributed by atoms with E-state index in [-0.39, 0.29) is 11.9 Å². The average molecular weight is 225 g/mol. The monoisotopic (exact) mass is 225 g/mol. The lowest BCUT2D eigenvalue weighted by atomic mass is 10.1. The number of hydrogen-bond acceptors (Lipinski definition) is 3. The average Bonchev–Trinajstić information content (AvgIpc) is 2.17. The van der Waals surface area contributed by atoms with E-state index in [1.165, 1.54) is 0 Å². The quantitative estimate of drug-likeness (QED) is 0.691. The molecule has 4 nitrogen and oxygen atoms in total. The van der Waals surface area contributed by atoms with Gasteiger partial charge in [0, 0.05) is 32.4 Å². The van der Waals surface area contributed by atoms with Crippen molar-refractivity contribution in [3.63, 3.8) is 0 Å². The number of hydrogen-bond donors (Lipinski definition) is 0. The van der Waals surface area contributed by atoms with Crippen LogP contribution in [-0.2, 0) is 9.53 Å². The predicted molar refractivity (Wildman–Crippen MR) is 61.2 cm³/mol. The van der Waals surface area contributed by atoms with Crippen LogP contribution < -0.4 is 0 Å². The molecule has 0 N–H and O–H groups in total. The molecular weight excluding hydrogens is 206 g/mol. The van der Waals surface area contributed by atoms with E-state index < -0.39 is 5.60 Å². The number of ether oxygens (including phenoxy) is 1. The second-order valence-electron chi connectivity index (χ2n) is 4.65. The van der Waals surface area contributed by atoms with Crippen molar-refractivity contribution >= 4 is 11.9 Å². The third-order valence-electron chi connectivity index (χ3n) is 2.58. The largest absolute Gasteiger partial charge is 0.443 e. The van der Waals surface area contributed by atoms with Crippen molar-refractivity contribution in [3.8, 4) is 0 Å². The predicted octanol–water partition coefficient (Wildman–Crippen LogP) is 2.14. The summed E-state index contributed by atoms with van der Waals surface area (Å²) < 4.78 is 5.36. The van der Waals surface area contributed by atoms with E-state index >= 15 is 0 Å². The highest BCUT2D eigenvalue weighted by molar-refractivity contribution is 5.81. The van der Waals surface area contributed by atoms with Crippen LogP contribution in [-0.4, -0.2) is 35.5 Å². The minimum Gasteiger partial charge on any atom is -0.443 e. The molecule has 0 aromatic carbocycles. The van der Waals surface area contributed by atoms with Gasteiger partial charge < -0.3 is 9.64 Å². The number of Topliss-reactive ketones (excluding diaryl/α,β-unsaturated/α-hetero) is 1. The van der Waals surface area contributed by atoms with E-state index in [0.29, 0.717) is 32.4 Å². The molecule has 0 saturated carbocycles. The van der Waals surface area contributed by atoms with Gasteiger partial charge in [0.05, 0.1) is 0 Å². The van der Waals surface area contributed by atoms with E-state index in [9.17, 15) is 9.59 Å². The number of carbonyl (C=O) groups is 2. The number of amides is 1. The smallest absolute Gasteiger partial charge is 0.410 e. The molecule has 1 rings (SSSR count). The molecule has 90 valence electrons. The van der Waals surface area contributed by atoms with Gasteiger partial charge in [0.2, 0.25) is 0 Å². The van der Waals surface area contributed by atoms with Crippen molar-refractivity contribution in [1.82, 2.24) is 4.90 Å². The van der Waals surface area contributed by atoms with Crippen LogP contribution in [0.2, 0.25) is 0 Å². The highest BCUT2D eigenvalue weighted by atomic mass is 16.6. The summed E-state index contributed by atoms with van der Waals surface area (Å²) in [5.41, 5.74) is -0.527. The van der Waals surface area contributed by atoms with Crippen LogP contribution in [0.1, 0.15) is 33.1 Å². The summed E-state index contributed by atoms with van der Waals surface area (Å²) in [6.45, 7) is 8.27. The molecule has 0 atom stereocenters. The number of likely N-dealkylation sites (tertiary alicyclic amines) is 1. The molecule has 0 unspecified atom stereocenters. The normalized spacial score (nSPS) is 17.1. The summed E-state index contributed by atoms with van der Waals surface area (Å²) in [5.74, 6) is 0.217. The van der Waals surface area contributed by atoms with Gasteiger partial charge in [-0.2, -0.15) is 0 Å². The topological polar surface area (TPSA) is 46.6 Å². The Balaban J connectivity index is 2.46. The summed E-state index contributed by atoms with van der Waals surface area (Å²) in [6.07, 6.45) is 2.89. The molecule has 1 aliphatic heterocycles. The summed E-state index contributed by atoms with van der Waals surface area (Å²) in [4.78, 5) is 24.4. The molecule has 1 aliphatic rings. The number of carbonyl (C=O) groups excluding carboxylic acids is 2. The Kier molecular flexibility index (Phi) is 4.10. The van der Waals surface area contributed by atoms with Gasteiger partial charge in [-0.25, -0.2) is 4.79 Å². The van der Waals surface area contributed by atoms with Crippen molar-refractivity contribution in [3.05, 3.63) is 12.7 Å². The molecule has 1 fully saturated rings. The Labute approximate surface area is 96.3 Å². The second kappa shape index (κ2) is 5.14. The maximum atomic E-state index is 11.8. The van der Waals surface area contributed by atoms with Crippen molar-refractivity contribution in [1.29, 1.82) is 0 Å². The van der Waals surface area contributed by atoms with E-state index in [4.69, 9.17) is 4.74 Å². The van der Waals surface area contributed by atoms with Crippen LogP contribution in [0, 0.1) is 0 Å². The van der Waals surface area contributed by atoms with Crippen LogP contribution >= 0.6 is 0 Å². The van der Waals surface area contributed by atoms with Crippen LogP contribution in [0.4, 0.5) is 4.79 Å². The maximum absolute atomic E-state index is 11.8. The molecule has 4 heteroatoms. The Morgan fingerprint density at radius 1 is 1.50 bits per heavy atom. The summed E-state index contributed by atoms with van der Waals surface area (Å²) in [6, 6.07) is 0. The Morgan fingerprint density at radius 2 is 2.06 bits per heavy atom. The van der Waals surface area contributed by atoms with Gasteiger partial charge >= 0.3 is 6.09 Å². The first-order valence-electron chi connectivity index (χ1n) is 5.55. The van der Waals surface area contributed by atoms with Gasteiger partial charge in [0.1, 0.15) is 11.4 Å². The first kappa shape index (κ1) is 12.7. The lowest BCUT2D eigenvalue weighted by molar-refractivity contribution is -0.121. The van der Waals surface area contributed by atoms with E-state index in [1.807, 2.05) is 13.8 Å². The lowest BCUT2D eigenvalue weighted by Crippen LogP contribution is -2.42. The third-order valence-corrected chi connectivity index (χ3v) is 2.58. The Hall–Kier alpha value is -1.32. The van der Waals surface area contributed by atoms with Gasteiger partial charge in [-0.3, -0.25) is 4.79 Å². The molecule has 0 aromatic heterocycles. The van der Waals surface area contributed by atoms with Crippen LogP contribution in [0.3, 0.4) is 0 Å². The van der Waals surface area contributed by atoms with E-state index in [2.05, 4.69) is 6.58 Å². The molecule has 0 aliphatic carbocycles. The number of piperidine rings is 1. The highest BCUT2D eigenvalue weighted by Gasteiger charge is 2.27. The van der Waals surface area contributed by atoms with Gasteiger partial charge in [0.25, 0.3) is 0 Å². The minimum absolute atomic E-state index is 0.217. The molecule has 0 radical (unpaired) electrons.